The second kappa shape index (κ2) is 1.69. The Kier molecular flexibility index (Phi) is 1.03. The third kappa shape index (κ3) is 0.868. The van der Waals surface area contributed by atoms with Crippen LogP contribution in [0, 0.1) is 0 Å². The first-order chi connectivity index (χ1) is 3.79. The Labute approximate surface area is 45.5 Å². The third-order valence-corrected chi connectivity index (χ3v) is 0.626. The number of nitrogens with zero attached hydrogens (tertiary/aromatic N) is 1. The number of carbonyl (C=O) groups is 1. The molecular weight excluding hydrogens is 110 g/mol. The van der Waals surface area contributed by atoms with E-state index in [9.17, 15) is 4.79 Å². The predicted molar refractivity (Wildman–Crippen MR) is 25.7 cm³/mol. The standard InChI is InChI=1S/C3H5N3O2/c4-3-5-2(7)1-8-6-3/h1H2,(H3,4,5,6,7). The Balaban J connectivity index is 2.57. The molecule has 0 aliphatic carbocycles. The molecule has 5 nitrogen and oxygen atoms in total. The van der Waals surface area contributed by atoms with Crippen molar-refractivity contribution in [2.24, 2.45) is 10.9 Å². The number of rotatable bonds is 0. The lowest BCUT2D eigenvalue weighted by molar-refractivity contribution is -0.125. The molecule has 0 spiro atoms. The average Bonchev–Trinajstić information content (AvgIpc) is 1.64. The van der Waals surface area contributed by atoms with Gasteiger partial charge in [0.25, 0.3) is 5.91 Å². The summed E-state index contributed by atoms with van der Waals surface area (Å²) in [6.45, 7) is -0.0410. The van der Waals surface area contributed by atoms with Crippen LogP contribution in [-0.2, 0) is 9.63 Å². The van der Waals surface area contributed by atoms with Crippen LogP contribution in [0.5, 0.6) is 0 Å². The van der Waals surface area contributed by atoms with Gasteiger partial charge in [-0.3, -0.25) is 10.1 Å². The van der Waals surface area contributed by atoms with E-state index in [1.54, 1.807) is 0 Å². The minimum absolute atomic E-state index is 0.0150. The summed E-state index contributed by atoms with van der Waals surface area (Å²) in [4.78, 5) is 14.6. The van der Waals surface area contributed by atoms with Gasteiger partial charge in [0, 0.05) is 0 Å². The lowest BCUT2D eigenvalue weighted by atomic mass is 10.6. The highest BCUT2D eigenvalue weighted by atomic mass is 16.6. The maximum atomic E-state index is 10.3. The summed E-state index contributed by atoms with van der Waals surface area (Å²) < 4.78 is 0. The normalized spacial score (nSPS) is 18.5. The van der Waals surface area contributed by atoms with Crippen LogP contribution in [0.3, 0.4) is 0 Å². The van der Waals surface area contributed by atoms with Crippen molar-refractivity contribution in [2.45, 2.75) is 0 Å². The number of hydrogen-bond donors (Lipinski definition) is 2. The molecule has 1 rings (SSSR count). The molecule has 8 heavy (non-hydrogen) atoms. The number of nitrogens with two attached hydrogens (primary N) is 1. The highest BCUT2D eigenvalue weighted by molar-refractivity contribution is 5.97. The molecule has 1 amide bonds. The van der Waals surface area contributed by atoms with E-state index in [1.807, 2.05) is 0 Å². The van der Waals surface area contributed by atoms with Gasteiger partial charge in [0.15, 0.2) is 6.61 Å². The molecule has 0 aromatic rings. The highest BCUT2D eigenvalue weighted by Gasteiger charge is 2.07. The topological polar surface area (TPSA) is 76.7 Å². The van der Waals surface area contributed by atoms with Crippen LogP contribution in [0.25, 0.3) is 0 Å². The molecule has 44 valence electrons. The molecule has 3 N–H and O–H groups in total. The minimum atomic E-state index is -0.266. The molecule has 5 heteroatoms. The van der Waals surface area contributed by atoms with Crippen LogP contribution in [0.4, 0.5) is 0 Å². The molecule has 0 unspecified atom stereocenters. The molecule has 0 saturated heterocycles. The molecule has 1 heterocycles. The summed E-state index contributed by atoms with van der Waals surface area (Å²) >= 11 is 0. The van der Waals surface area contributed by atoms with Crippen molar-refractivity contribution in [2.75, 3.05) is 6.61 Å². The summed E-state index contributed by atoms with van der Waals surface area (Å²) in [5, 5.41) is 5.49. The van der Waals surface area contributed by atoms with Gasteiger partial charge < -0.3 is 10.6 Å². The average molecular weight is 115 g/mol. The molecule has 0 saturated carbocycles. The van der Waals surface area contributed by atoms with Gasteiger partial charge in [-0.2, -0.15) is 0 Å². The monoisotopic (exact) mass is 115 g/mol. The zero-order valence-electron chi connectivity index (χ0n) is 4.05. The Morgan fingerprint density at radius 1 is 1.88 bits per heavy atom. The van der Waals surface area contributed by atoms with E-state index in [2.05, 4.69) is 15.3 Å². The Morgan fingerprint density at radius 3 is 3.00 bits per heavy atom. The van der Waals surface area contributed by atoms with Crippen molar-refractivity contribution in [3.05, 3.63) is 0 Å². The van der Waals surface area contributed by atoms with Crippen molar-refractivity contribution in [1.29, 1.82) is 0 Å². The smallest absolute Gasteiger partial charge is 0.267 e. The number of nitrogens with one attached hydrogen (secondary N) is 1. The van der Waals surface area contributed by atoms with E-state index in [-0.39, 0.29) is 18.5 Å². The van der Waals surface area contributed by atoms with Crippen LogP contribution in [0.2, 0.25) is 0 Å². The second-order valence-corrected chi connectivity index (χ2v) is 1.30. The van der Waals surface area contributed by atoms with E-state index >= 15 is 0 Å². The summed E-state index contributed by atoms with van der Waals surface area (Å²) in [7, 11) is 0. The number of guanidine groups is 1. The van der Waals surface area contributed by atoms with E-state index in [4.69, 9.17) is 5.73 Å². The molecule has 0 radical (unpaired) electrons. The quantitative estimate of drug-likeness (QED) is 0.397. The maximum absolute atomic E-state index is 10.3. The first-order valence-electron chi connectivity index (χ1n) is 2.04. The van der Waals surface area contributed by atoms with Gasteiger partial charge >= 0.3 is 0 Å². The van der Waals surface area contributed by atoms with E-state index in [1.165, 1.54) is 0 Å². The fourth-order valence-electron chi connectivity index (χ4n) is 0.362. The SMILES string of the molecule is NC1=NOCC(=O)N1. The van der Waals surface area contributed by atoms with Crippen molar-refractivity contribution < 1.29 is 9.63 Å². The number of oxime groups is 1. The van der Waals surface area contributed by atoms with Crippen LogP contribution in [0.1, 0.15) is 0 Å². The summed E-state index contributed by atoms with van der Waals surface area (Å²) in [6, 6.07) is 0. The fraction of sp³-hybridized carbons (Fsp3) is 0.333. The van der Waals surface area contributed by atoms with Gasteiger partial charge in [0.2, 0.25) is 5.96 Å². The van der Waals surface area contributed by atoms with Crippen molar-refractivity contribution in [3.63, 3.8) is 0 Å². The molecule has 1 aliphatic rings. The van der Waals surface area contributed by atoms with Gasteiger partial charge in [0.1, 0.15) is 0 Å². The van der Waals surface area contributed by atoms with E-state index in [0.717, 1.165) is 0 Å². The fourth-order valence-corrected chi connectivity index (χ4v) is 0.362. The van der Waals surface area contributed by atoms with E-state index < -0.39 is 0 Å². The summed E-state index contributed by atoms with van der Waals surface area (Å²) in [6.07, 6.45) is 0. The van der Waals surface area contributed by atoms with Crippen LogP contribution >= 0.6 is 0 Å². The Morgan fingerprint density at radius 2 is 2.62 bits per heavy atom. The lowest BCUT2D eigenvalue weighted by Gasteiger charge is -2.07. The number of amides is 1. The van der Waals surface area contributed by atoms with Crippen LogP contribution in [0.15, 0.2) is 5.16 Å². The number of hydrogen-bond acceptors (Lipinski definition) is 4. The lowest BCUT2D eigenvalue weighted by Crippen LogP contribution is -2.42. The molecule has 0 aromatic carbocycles. The molecule has 0 fully saturated rings. The maximum Gasteiger partial charge on any atom is 0.267 e. The number of carbonyl (C=O) groups excluding carboxylic acids is 1. The molecule has 0 aromatic heterocycles. The second-order valence-electron chi connectivity index (χ2n) is 1.30. The largest absolute Gasteiger partial charge is 0.383 e. The van der Waals surface area contributed by atoms with Gasteiger partial charge in [-0.05, 0) is 5.16 Å². The van der Waals surface area contributed by atoms with E-state index in [0.29, 0.717) is 0 Å². The summed E-state index contributed by atoms with van der Waals surface area (Å²) in [5.41, 5.74) is 5.02. The molecule has 1 aliphatic heterocycles. The zero-order chi connectivity index (χ0) is 5.98. The zero-order valence-corrected chi connectivity index (χ0v) is 4.05. The van der Waals surface area contributed by atoms with Gasteiger partial charge in [0.05, 0.1) is 0 Å². The van der Waals surface area contributed by atoms with Gasteiger partial charge in [-0.1, -0.05) is 0 Å². The van der Waals surface area contributed by atoms with Crippen molar-refractivity contribution in [3.8, 4) is 0 Å². The van der Waals surface area contributed by atoms with Crippen LogP contribution < -0.4 is 11.1 Å². The third-order valence-electron chi connectivity index (χ3n) is 0.626. The van der Waals surface area contributed by atoms with Crippen molar-refractivity contribution in [1.82, 2.24) is 5.32 Å². The summed E-state index contributed by atoms with van der Waals surface area (Å²) in [5.74, 6) is -0.251. The first-order valence-corrected chi connectivity index (χ1v) is 2.04. The Hall–Kier alpha value is -1.26. The predicted octanol–water partition coefficient (Wildman–Crippen LogP) is -1.64. The first kappa shape index (κ1) is 4.89. The minimum Gasteiger partial charge on any atom is -0.383 e. The van der Waals surface area contributed by atoms with Crippen molar-refractivity contribution >= 4 is 11.9 Å². The Bertz CT molecular complexity index is 141. The van der Waals surface area contributed by atoms with Gasteiger partial charge in [-0.15, -0.1) is 0 Å². The van der Waals surface area contributed by atoms with Gasteiger partial charge in [-0.25, -0.2) is 0 Å². The highest BCUT2D eigenvalue weighted by Crippen LogP contribution is 1.81. The molecular formula is C3H5N3O2. The molecule has 0 atom stereocenters. The molecule has 0 bridgehead atoms. The van der Waals surface area contributed by atoms with Crippen LogP contribution in [-0.4, -0.2) is 18.5 Å².